The van der Waals surface area contributed by atoms with Crippen LogP contribution in [0.1, 0.15) is 11.4 Å². The predicted molar refractivity (Wildman–Crippen MR) is 99.2 cm³/mol. The van der Waals surface area contributed by atoms with Crippen LogP contribution in [-0.2, 0) is 32.5 Å². The van der Waals surface area contributed by atoms with Gasteiger partial charge >= 0.3 is 12.4 Å². The van der Waals surface area contributed by atoms with Crippen molar-refractivity contribution in [3.05, 3.63) is 90.0 Å². The number of hydrogen-bond donors (Lipinski definition) is 0. The van der Waals surface area contributed by atoms with Crippen molar-refractivity contribution in [2.75, 3.05) is 0 Å². The second kappa shape index (κ2) is 10.8. The van der Waals surface area contributed by atoms with Crippen LogP contribution >= 0.6 is 0 Å². The van der Waals surface area contributed by atoms with Crippen molar-refractivity contribution in [3.8, 4) is 22.8 Å². The standard InChI is InChI=1S/C11H6F2N.C10H4F6N3.Ir/c12-8-4-5-9(10(13)7-8)11-3-1-2-6-14-11;11-9(12,13)6-7(10(14,15)16)19-8(18-6)5-3-1-2-4-17-5;/h1-4,6-7H;1-4H;/q2*-1;. The van der Waals surface area contributed by atoms with Crippen molar-refractivity contribution in [1.29, 1.82) is 0 Å². The summed E-state index contributed by atoms with van der Waals surface area (Å²) in [6, 6.07) is 13.6. The van der Waals surface area contributed by atoms with E-state index in [2.05, 4.69) is 26.0 Å². The fourth-order valence-electron chi connectivity index (χ4n) is 2.50. The zero-order valence-electron chi connectivity index (χ0n) is 16.4. The Kier molecular flexibility index (Phi) is 8.62. The molecule has 0 spiro atoms. The van der Waals surface area contributed by atoms with Gasteiger partial charge in [0.25, 0.3) is 0 Å². The van der Waals surface area contributed by atoms with Crippen molar-refractivity contribution in [3.63, 3.8) is 0 Å². The van der Waals surface area contributed by atoms with Gasteiger partial charge in [-0.3, -0.25) is 13.8 Å². The summed E-state index contributed by atoms with van der Waals surface area (Å²) < 4.78 is 101. The molecule has 0 N–H and O–H groups in total. The van der Waals surface area contributed by atoms with E-state index in [1.165, 1.54) is 24.4 Å². The Bertz CT molecular complexity index is 1180. The Labute approximate surface area is 200 Å². The maximum absolute atomic E-state index is 13.2. The van der Waals surface area contributed by atoms with E-state index < -0.39 is 41.2 Å². The van der Waals surface area contributed by atoms with Crippen molar-refractivity contribution in [2.45, 2.75) is 12.4 Å². The van der Waals surface area contributed by atoms with Gasteiger partial charge in [0.05, 0.1) is 5.69 Å². The van der Waals surface area contributed by atoms with Gasteiger partial charge in [0.1, 0.15) is 0 Å². The van der Waals surface area contributed by atoms with E-state index in [1.807, 2.05) is 0 Å². The molecule has 34 heavy (non-hydrogen) atoms. The van der Waals surface area contributed by atoms with Crippen molar-refractivity contribution < 1.29 is 55.2 Å². The van der Waals surface area contributed by atoms with Gasteiger partial charge in [-0.25, -0.2) is 0 Å². The van der Waals surface area contributed by atoms with Crippen LogP contribution in [0, 0.1) is 17.7 Å². The SMILES string of the molecule is FC(F)(F)c1nc(-c2ccccn2)[n-]c1C(F)(F)F.Fc1c[c-]c(-c2ccccn2)c(F)c1.[Ir]. The Hall–Kier alpha value is -3.18. The maximum Gasteiger partial charge on any atom is 0.412 e. The largest absolute Gasteiger partial charge is 0.430 e. The summed E-state index contributed by atoms with van der Waals surface area (Å²) in [4.78, 5) is 13.4. The number of alkyl halides is 6. The van der Waals surface area contributed by atoms with Crippen LogP contribution in [0.4, 0.5) is 35.1 Å². The predicted octanol–water partition coefficient (Wildman–Crippen LogP) is 5.96. The molecular weight excluding hydrogens is 652 g/mol. The average Bonchev–Trinajstić information content (AvgIpc) is 3.22. The topological polar surface area (TPSA) is 52.8 Å². The number of hydrogen-bond acceptors (Lipinski definition) is 3. The third kappa shape index (κ3) is 6.67. The second-order valence-corrected chi connectivity index (χ2v) is 6.21. The molecule has 0 aliphatic heterocycles. The van der Waals surface area contributed by atoms with Gasteiger partial charge in [-0.1, -0.05) is 29.8 Å². The van der Waals surface area contributed by atoms with Gasteiger partial charge < -0.3 is 15.0 Å². The number of rotatable bonds is 2. The summed E-state index contributed by atoms with van der Waals surface area (Å²) in [6.45, 7) is 0. The van der Waals surface area contributed by atoms with Crippen molar-refractivity contribution in [1.82, 2.24) is 19.9 Å². The molecule has 13 heteroatoms. The Morgan fingerprint density at radius 1 is 0.794 bits per heavy atom. The van der Waals surface area contributed by atoms with Crippen LogP contribution in [0.5, 0.6) is 0 Å². The molecule has 4 rings (SSSR count). The van der Waals surface area contributed by atoms with Crippen LogP contribution < -0.4 is 4.98 Å². The van der Waals surface area contributed by atoms with Crippen molar-refractivity contribution in [2.24, 2.45) is 0 Å². The monoisotopic (exact) mass is 663 g/mol. The zero-order valence-corrected chi connectivity index (χ0v) is 18.8. The van der Waals surface area contributed by atoms with E-state index in [-0.39, 0.29) is 31.4 Å². The number of aromatic nitrogens is 4. The van der Waals surface area contributed by atoms with Gasteiger partial charge in [-0.05, 0) is 29.7 Å². The second-order valence-electron chi connectivity index (χ2n) is 6.21. The normalized spacial score (nSPS) is 11.3. The summed E-state index contributed by atoms with van der Waals surface area (Å²) >= 11 is 0. The number of nitrogens with zero attached hydrogens (tertiary/aromatic N) is 4. The maximum atomic E-state index is 13.2. The van der Waals surface area contributed by atoms with Crippen molar-refractivity contribution >= 4 is 0 Å². The Morgan fingerprint density at radius 2 is 1.38 bits per heavy atom. The first kappa shape index (κ1) is 27.1. The first-order chi connectivity index (χ1) is 15.5. The fourth-order valence-corrected chi connectivity index (χ4v) is 2.50. The third-order valence-corrected chi connectivity index (χ3v) is 3.87. The fraction of sp³-hybridized carbons (Fsp3) is 0.0952. The first-order valence-electron chi connectivity index (χ1n) is 8.85. The molecule has 3 aromatic heterocycles. The number of imidazole rings is 1. The molecule has 1 aromatic carbocycles. The quantitative estimate of drug-likeness (QED) is 0.197. The molecule has 0 saturated carbocycles. The van der Waals surface area contributed by atoms with Crippen LogP contribution in [0.15, 0.2) is 60.9 Å². The summed E-state index contributed by atoms with van der Waals surface area (Å²) in [5.74, 6) is -1.99. The molecule has 0 atom stereocenters. The van der Waals surface area contributed by atoms with Crippen LogP contribution in [0.2, 0.25) is 0 Å². The van der Waals surface area contributed by atoms with E-state index in [9.17, 15) is 35.1 Å². The summed E-state index contributed by atoms with van der Waals surface area (Å²) in [5.41, 5.74) is -3.64. The van der Waals surface area contributed by atoms with Gasteiger partial charge in [-0.15, -0.1) is 12.1 Å². The molecule has 1 radical (unpaired) electrons. The molecular formula is C21H10F8IrN4-2. The average molecular weight is 663 g/mol. The van der Waals surface area contributed by atoms with Crippen LogP contribution in [0.25, 0.3) is 22.8 Å². The molecule has 0 saturated heterocycles. The van der Waals surface area contributed by atoms with Gasteiger partial charge in [0, 0.05) is 55.5 Å². The van der Waals surface area contributed by atoms with Crippen LogP contribution in [-0.4, -0.2) is 15.0 Å². The first-order valence-corrected chi connectivity index (χ1v) is 8.85. The molecule has 3 heterocycles. The van der Waals surface area contributed by atoms with Gasteiger partial charge in [0.15, 0.2) is 0 Å². The zero-order chi connectivity index (χ0) is 24.2. The number of benzene rings is 1. The third-order valence-electron chi connectivity index (χ3n) is 3.87. The van der Waals surface area contributed by atoms with Gasteiger partial charge in [-0.2, -0.15) is 26.3 Å². The minimum atomic E-state index is -5.23. The summed E-state index contributed by atoms with van der Waals surface area (Å²) in [6.07, 6.45) is -7.70. The number of pyridine rings is 2. The molecule has 0 amide bonds. The molecule has 0 fully saturated rings. The van der Waals surface area contributed by atoms with E-state index in [0.717, 1.165) is 12.1 Å². The summed E-state index contributed by atoms with van der Waals surface area (Å²) in [5, 5.41) is 0. The Morgan fingerprint density at radius 3 is 1.82 bits per heavy atom. The van der Waals surface area contributed by atoms with Crippen LogP contribution in [0.3, 0.4) is 0 Å². The minimum absolute atomic E-state index is 0. The molecule has 181 valence electrons. The van der Waals surface area contributed by atoms with E-state index >= 15 is 0 Å². The molecule has 0 aliphatic carbocycles. The smallest absolute Gasteiger partial charge is 0.412 e. The van der Waals surface area contributed by atoms with Gasteiger partial charge in [0.2, 0.25) is 0 Å². The summed E-state index contributed by atoms with van der Waals surface area (Å²) in [7, 11) is 0. The molecule has 0 aliphatic rings. The van der Waals surface area contributed by atoms with E-state index in [1.54, 1.807) is 24.4 Å². The van der Waals surface area contributed by atoms with E-state index in [4.69, 9.17) is 0 Å². The Balaban J connectivity index is 0.000000243. The minimum Gasteiger partial charge on any atom is -0.430 e. The molecule has 4 aromatic rings. The number of halogens is 8. The van der Waals surface area contributed by atoms with E-state index in [0.29, 0.717) is 5.69 Å². The molecule has 0 unspecified atom stereocenters. The molecule has 4 nitrogen and oxygen atoms in total. The molecule has 0 bridgehead atoms.